The molecule has 0 spiro atoms. The SMILES string of the molecule is CC[C@H](C)/C=C/[C@@H](C)C1CCC2C3CC[C@H]4CC(O)CCC4C3CCC21C. The molecule has 4 aliphatic carbocycles. The normalized spacial score (nSPS) is 49.3. The Morgan fingerprint density at radius 3 is 2.48 bits per heavy atom. The minimum Gasteiger partial charge on any atom is -0.393 e. The van der Waals surface area contributed by atoms with Crippen molar-refractivity contribution in [1.29, 1.82) is 0 Å². The molecular weight excluding hydrogens is 328 g/mol. The van der Waals surface area contributed by atoms with E-state index in [-0.39, 0.29) is 6.10 Å². The van der Waals surface area contributed by atoms with E-state index in [2.05, 4.69) is 39.8 Å². The summed E-state index contributed by atoms with van der Waals surface area (Å²) in [5.74, 6) is 7.11. The smallest absolute Gasteiger partial charge is 0.0543 e. The molecule has 1 N–H and O–H groups in total. The largest absolute Gasteiger partial charge is 0.393 e. The molecule has 0 saturated heterocycles. The summed E-state index contributed by atoms with van der Waals surface area (Å²) < 4.78 is 0. The zero-order valence-electron chi connectivity index (χ0n) is 18.4. The lowest BCUT2D eigenvalue weighted by Gasteiger charge is -2.56. The Bertz CT molecular complexity index is 538. The predicted molar refractivity (Wildman–Crippen MR) is 114 cm³/mol. The van der Waals surface area contributed by atoms with E-state index in [1.807, 2.05) is 0 Å². The minimum atomic E-state index is 0.00525. The number of hydrogen-bond acceptors (Lipinski definition) is 1. The lowest BCUT2D eigenvalue weighted by atomic mass is 9.49. The van der Waals surface area contributed by atoms with Gasteiger partial charge in [0.15, 0.2) is 0 Å². The van der Waals surface area contributed by atoms with Crippen LogP contribution in [0.1, 0.15) is 91.9 Å². The molecule has 0 amide bonds. The number of allylic oxidation sites excluding steroid dienone is 2. The molecule has 154 valence electrons. The summed E-state index contributed by atoms with van der Waals surface area (Å²) in [6, 6.07) is 0. The second-order valence-corrected chi connectivity index (χ2v) is 11.3. The summed E-state index contributed by atoms with van der Waals surface area (Å²) in [5.41, 5.74) is 0.585. The monoisotopic (exact) mass is 372 g/mol. The molecule has 7 unspecified atom stereocenters. The van der Waals surface area contributed by atoms with Crippen molar-refractivity contribution in [3.05, 3.63) is 12.2 Å². The van der Waals surface area contributed by atoms with Gasteiger partial charge in [-0.2, -0.15) is 0 Å². The molecule has 0 aromatic carbocycles. The van der Waals surface area contributed by atoms with Gasteiger partial charge in [-0.25, -0.2) is 0 Å². The fourth-order valence-electron chi connectivity index (χ4n) is 8.37. The molecule has 0 aromatic rings. The van der Waals surface area contributed by atoms with Gasteiger partial charge in [0.2, 0.25) is 0 Å². The Hall–Kier alpha value is -0.300. The Labute approximate surface area is 168 Å². The van der Waals surface area contributed by atoms with E-state index in [4.69, 9.17) is 0 Å². The van der Waals surface area contributed by atoms with Crippen LogP contribution in [0.5, 0.6) is 0 Å². The molecule has 0 heterocycles. The van der Waals surface area contributed by atoms with Crippen molar-refractivity contribution in [1.82, 2.24) is 0 Å². The fourth-order valence-corrected chi connectivity index (χ4v) is 8.37. The maximum atomic E-state index is 10.1. The summed E-state index contributed by atoms with van der Waals surface area (Å²) in [6.45, 7) is 9.83. The quantitative estimate of drug-likeness (QED) is 0.535. The topological polar surface area (TPSA) is 20.2 Å². The predicted octanol–water partition coefficient (Wildman–Crippen LogP) is 6.85. The van der Waals surface area contributed by atoms with Crippen LogP contribution in [0.3, 0.4) is 0 Å². The van der Waals surface area contributed by atoms with Crippen molar-refractivity contribution in [3.8, 4) is 0 Å². The summed E-state index contributed by atoms with van der Waals surface area (Å²) in [7, 11) is 0. The van der Waals surface area contributed by atoms with Crippen LogP contribution in [-0.4, -0.2) is 11.2 Å². The highest BCUT2D eigenvalue weighted by molar-refractivity contribution is 5.09. The number of fused-ring (bicyclic) bond motifs is 5. The summed E-state index contributed by atoms with van der Waals surface area (Å²) in [4.78, 5) is 0. The first-order valence-corrected chi connectivity index (χ1v) is 12.3. The van der Waals surface area contributed by atoms with Gasteiger partial charge in [-0.05, 0) is 111 Å². The average Bonchev–Trinajstić information content (AvgIpc) is 3.02. The third kappa shape index (κ3) is 3.56. The molecule has 0 aromatic heterocycles. The highest BCUT2D eigenvalue weighted by atomic mass is 16.3. The van der Waals surface area contributed by atoms with E-state index < -0.39 is 0 Å². The lowest BCUT2D eigenvalue weighted by molar-refractivity contribution is -0.0800. The molecule has 0 bridgehead atoms. The summed E-state index contributed by atoms with van der Waals surface area (Å²) in [6.07, 6.45) is 18.6. The maximum Gasteiger partial charge on any atom is 0.0543 e. The van der Waals surface area contributed by atoms with Gasteiger partial charge in [-0.15, -0.1) is 0 Å². The molecule has 27 heavy (non-hydrogen) atoms. The molecule has 4 fully saturated rings. The van der Waals surface area contributed by atoms with E-state index in [1.54, 1.807) is 0 Å². The number of hydrogen-bond donors (Lipinski definition) is 1. The highest BCUT2D eigenvalue weighted by Crippen LogP contribution is 2.65. The van der Waals surface area contributed by atoms with E-state index in [1.165, 1.54) is 51.4 Å². The van der Waals surface area contributed by atoms with Gasteiger partial charge >= 0.3 is 0 Å². The molecule has 0 radical (unpaired) electrons. The van der Waals surface area contributed by atoms with Crippen LogP contribution in [0, 0.1) is 52.8 Å². The van der Waals surface area contributed by atoms with Crippen molar-refractivity contribution in [2.24, 2.45) is 52.8 Å². The fraction of sp³-hybridized carbons (Fsp3) is 0.923. The van der Waals surface area contributed by atoms with E-state index in [9.17, 15) is 5.11 Å². The van der Waals surface area contributed by atoms with E-state index >= 15 is 0 Å². The molecule has 0 aliphatic heterocycles. The van der Waals surface area contributed by atoms with Crippen molar-refractivity contribution in [2.75, 3.05) is 0 Å². The van der Waals surface area contributed by atoms with Crippen LogP contribution in [0.25, 0.3) is 0 Å². The maximum absolute atomic E-state index is 10.1. The third-order valence-electron chi connectivity index (χ3n) is 10.0. The van der Waals surface area contributed by atoms with Crippen LogP contribution in [0.2, 0.25) is 0 Å². The van der Waals surface area contributed by atoms with Gasteiger partial charge in [-0.1, -0.05) is 46.3 Å². The minimum absolute atomic E-state index is 0.00525. The molecule has 1 nitrogen and oxygen atoms in total. The van der Waals surface area contributed by atoms with Crippen LogP contribution >= 0.6 is 0 Å². The molecule has 4 aliphatic rings. The molecule has 4 saturated carbocycles. The Morgan fingerprint density at radius 2 is 1.70 bits per heavy atom. The Balaban J connectivity index is 1.47. The van der Waals surface area contributed by atoms with Crippen molar-refractivity contribution in [2.45, 2.75) is 98.0 Å². The van der Waals surface area contributed by atoms with Crippen molar-refractivity contribution in [3.63, 3.8) is 0 Å². The van der Waals surface area contributed by atoms with Gasteiger partial charge in [0, 0.05) is 0 Å². The highest BCUT2D eigenvalue weighted by Gasteiger charge is 2.57. The van der Waals surface area contributed by atoms with Gasteiger partial charge in [0.25, 0.3) is 0 Å². The van der Waals surface area contributed by atoms with Crippen LogP contribution in [-0.2, 0) is 0 Å². The van der Waals surface area contributed by atoms with Gasteiger partial charge in [0.05, 0.1) is 6.10 Å². The Morgan fingerprint density at radius 1 is 0.926 bits per heavy atom. The zero-order chi connectivity index (χ0) is 19.2. The zero-order valence-corrected chi connectivity index (χ0v) is 18.4. The number of aliphatic hydroxyl groups excluding tert-OH is 1. The van der Waals surface area contributed by atoms with Gasteiger partial charge in [0.1, 0.15) is 0 Å². The van der Waals surface area contributed by atoms with Gasteiger partial charge in [-0.3, -0.25) is 0 Å². The van der Waals surface area contributed by atoms with Crippen molar-refractivity contribution >= 4 is 0 Å². The number of rotatable bonds is 4. The molecule has 4 rings (SSSR count). The molecular formula is C26H44O. The average molecular weight is 373 g/mol. The van der Waals surface area contributed by atoms with Gasteiger partial charge < -0.3 is 5.11 Å². The first-order chi connectivity index (χ1) is 12.9. The standard InChI is InChI=1S/C26H44O/c1-5-17(2)6-7-18(3)24-12-13-25-23-10-8-19-16-20(27)9-11-21(19)22(23)14-15-26(24,25)4/h6-7,17-25,27H,5,8-16H2,1-4H3/b7-6+/t17-,18+,19-,20?,21?,22?,23?,24?,25?,26?/m0/s1. The molecule has 10 atom stereocenters. The second kappa shape index (κ2) is 7.85. The summed E-state index contributed by atoms with van der Waals surface area (Å²) in [5, 5.41) is 10.1. The van der Waals surface area contributed by atoms with E-state index in [0.29, 0.717) is 5.41 Å². The summed E-state index contributed by atoms with van der Waals surface area (Å²) >= 11 is 0. The first kappa shape index (κ1) is 20.0. The Kier molecular flexibility index (Phi) is 5.81. The third-order valence-corrected chi connectivity index (χ3v) is 10.0. The van der Waals surface area contributed by atoms with Crippen LogP contribution in [0.15, 0.2) is 12.2 Å². The second-order valence-electron chi connectivity index (χ2n) is 11.3. The number of aliphatic hydroxyl groups is 1. The molecule has 1 heteroatoms. The van der Waals surface area contributed by atoms with E-state index in [0.717, 1.165) is 60.2 Å². The van der Waals surface area contributed by atoms with Crippen LogP contribution < -0.4 is 0 Å². The van der Waals surface area contributed by atoms with Crippen molar-refractivity contribution < 1.29 is 5.11 Å². The lowest BCUT2D eigenvalue weighted by Crippen LogP contribution is -2.49. The van der Waals surface area contributed by atoms with Crippen LogP contribution in [0.4, 0.5) is 0 Å². The first-order valence-electron chi connectivity index (χ1n) is 12.3.